The lowest BCUT2D eigenvalue weighted by atomic mass is 10.0. The highest BCUT2D eigenvalue weighted by atomic mass is 15.1. The molecule has 3 heteroatoms. The van der Waals surface area contributed by atoms with Crippen molar-refractivity contribution in [3.8, 4) is 0 Å². The Balaban J connectivity index is 2.04. The fraction of sp³-hybridized carbons (Fsp3) is 0.312. The van der Waals surface area contributed by atoms with Crippen LogP contribution in [-0.2, 0) is 6.54 Å². The molecule has 3 nitrogen and oxygen atoms in total. The molecule has 0 amide bonds. The van der Waals surface area contributed by atoms with E-state index < -0.39 is 0 Å². The zero-order valence-corrected chi connectivity index (χ0v) is 12.1. The maximum atomic E-state index is 4.39. The van der Waals surface area contributed by atoms with Crippen LogP contribution in [-0.4, -0.2) is 19.1 Å². The number of anilines is 2. The fourth-order valence-electron chi connectivity index (χ4n) is 1.96. The predicted molar refractivity (Wildman–Crippen MR) is 81.8 cm³/mol. The lowest BCUT2D eigenvalue weighted by Crippen LogP contribution is -2.10. The van der Waals surface area contributed by atoms with Crippen LogP contribution < -0.4 is 10.2 Å². The normalized spacial score (nSPS) is 10.3. The number of aryl methyl sites for hydroxylation is 1. The highest BCUT2D eigenvalue weighted by Crippen LogP contribution is 2.16. The van der Waals surface area contributed by atoms with E-state index in [1.807, 2.05) is 31.3 Å². The van der Waals surface area contributed by atoms with Gasteiger partial charge in [-0.1, -0.05) is 18.2 Å². The summed E-state index contributed by atoms with van der Waals surface area (Å²) in [5, 5.41) is 3.41. The second kappa shape index (κ2) is 5.74. The third-order valence-electron chi connectivity index (χ3n) is 3.41. The molecular formula is C16H21N3. The van der Waals surface area contributed by atoms with Gasteiger partial charge in [-0.15, -0.1) is 0 Å². The molecule has 1 aromatic carbocycles. The Morgan fingerprint density at radius 3 is 2.53 bits per heavy atom. The third-order valence-corrected chi connectivity index (χ3v) is 3.41. The molecule has 19 heavy (non-hydrogen) atoms. The summed E-state index contributed by atoms with van der Waals surface area (Å²) in [6.45, 7) is 5.14. The lowest BCUT2D eigenvalue weighted by Gasteiger charge is -2.13. The van der Waals surface area contributed by atoms with Crippen molar-refractivity contribution < 1.29 is 0 Å². The summed E-state index contributed by atoms with van der Waals surface area (Å²) < 4.78 is 0. The van der Waals surface area contributed by atoms with E-state index in [2.05, 4.69) is 48.4 Å². The number of hydrogen-bond donors (Lipinski definition) is 1. The topological polar surface area (TPSA) is 28.2 Å². The third kappa shape index (κ3) is 3.25. The quantitative estimate of drug-likeness (QED) is 0.907. The number of nitrogens with zero attached hydrogens (tertiary/aromatic N) is 2. The maximum Gasteiger partial charge on any atom is 0.128 e. The Morgan fingerprint density at radius 2 is 1.89 bits per heavy atom. The van der Waals surface area contributed by atoms with Gasteiger partial charge in [-0.05, 0) is 42.7 Å². The van der Waals surface area contributed by atoms with Gasteiger partial charge >= 0.3 is 0 Å². The van der Waals surface area contributed by atoms with Crippen molar-refractivity contribution in [3.05, 3.63) is 53.2 Å². The van der Waals surface area contributed by atoms with Crippen molar-refractivity contribution in [3.63, 3.8) is 0 Å². The zero-order chi connectivity index (χ0) is 13.8. The van der Waals surface area contributed by atoms with Crippen molar-refractivity contribution in [1.29, 1.82) is 0 Å². The van der Waals surface area contributed by atoms with Gasteiger partial charge in [-0.2, -0.15) is 0 Å². The van der Waals surface area contributed by atoms with Gasteiger partial charge in [0.25, 0.3) is 0 Å². The molecule has 0 radical (unpaired) electrons. The van der Waals surface area contributed by atoms with E-state index in [4.69, 9.17) is 0 Å². The first-order valence-corrected chi connectivity index (χ1v) is 6.50. The Morgan fingerprint density at radius 1 is 1.11 bits per heavy atom. The van der Waals surface area contributed by atoms with E-state index in [1.54, 1.807) is 0 Å². The van der Waals surface area contributed by atoms with Gasteiger partial charge in [-0.3, -0.25) is 0 Å². The average molecular weight is 255 g/mol. The molecule has 0 atom stereocenters. The van der Waals surface area contributed by atoms with E-state index in [0.29, 0.717) is 0 Å². The van der Waals surface area contributed by atoms with Crippen LogP contribution in [0.3, 0.4) is 0 Å². The van der Waals surface area contributed by atoms with Gasteiger partial charge in [0.05, 0.1) is 11.9 Å². The van der Waals surface area contributed by atoms with Crippen LogP contribution in [0.5, 0.6) is 0 Å². The van der Waals surface area contributed by atoms with Crippen LogP contribution in [0, 0.1) is 13.8 Å². The number of hydrogen-bond acceptors (Lipinski definition) is 3. The van der Waals surface area contributed by atoms with Gasteiger partial charge in [0.2, 0.25) is 0 Å². The maximum absolute atomic E-state index is 4.39. The molecule has 1 heterocycles. The molecule has 1 N–H and O–H groups in total. The summed E-state index contributed by atoms with van der Waals surface area (Å²) in [4.78, 5) is 6.39. The Labute approximate surface area is 115 Å². The van der Waals surface area contributed by atoms with Crippen LogP contribution in [0.4, 0.5) is 11.5 Å². The van der Waals surface area contributed by atoms with Gasteiger partial charge in [-0.25, -0.2) is 4.98 Å². The molecule has 1 aromatic heterocycles. The molecule has 0 spiro atoms. The molecule has 0 aliphatic heterocycles. The zero-order valence-electron chi connectivity index (χ0n) is 12.1. The van der Waals surface area contributed by atoms with Gasteiger partial charge in [0, 0.05) is 20.6 Å². The molecular weight excluding hydrogens is 234 g/mol. The Hall–Kier alpha value is -2.03. The SMILES string of the molecule is Cc1cccc(CNc2ccc(N(C)C)nc2)c1C. The van der Waals surface area contributed by atoms with E-state index in [1.165, 1.54) is 16.7 Å². The van der Waals surface area contributed by atoms with Crippen molar-refractivity contribution in [2.24, 2.45) is 0 Å². The van der Waals surface area contributed by atoms with Gasteiger partial charge in [0.15, 0.2) is 0 Å². The summed E-state index contributed by atoms with van der Waals surface area (Å²) >= 11 is 0. The average Bonchev–Trinajstić information content (AvgIpc) is 2.41. The van der Waals surface area contributed by atoms with E-state index in [9.17, 15) is 0 Å². The van der Waals surface area contributed by atoms with Crippen molar-refractivity contribution in [2.45, 2.75) is 20.4 Å². The molecule has 100 valence electrons. The minimum Gasteiger partial charge on any atom is -0.380 e. The van der Waals surface area contributed by atoms with Crippen LogP contribution >= 0.6 is 0 Å². The van der Waals surface area contributed by atoms with Gasteiger partial charge < -0.3 is 10.2 Å². The molecule has 0 saturated heterocycles. The molecule has 0 bridgehead atoms. The second-order valence-electron chi connectivity index (χ2n) is 5.01. The standard InChI is InChI=1S/C16H21N3/c1-12-6-5-7-14(13(12)2)10-17-15-8-9-16(18-11-15)19(3)4/h5-9,11,17H,10H2,1-4H3. The van der Waals surface area contributed by atoms with Crippen LogP contribution in [0.15, 0.2) is 36.5 Å². The highest BCUT2D eigenvalue weighted by molar-refractivity contribution is 5.48. The van der Waals surface area contributed by atoms with Crippen molar-refractivity contribution in [2.75, 3.05) is 24.3 Å². The summed E-state index contributed by atoms with van der Waals surface area (Å²) in [5.74, 6) is 0.970. The first-order valence-electron chi connectivity index (χ1n) is 6.50. The number of benzene rings is 1. The van der Waals surface area contributed by atoms with E-state index in [0.717, 1.165) is 18.1 Å². The molecule has 2 rings (SSSR count). The summed E-state index contributed by atoms with van der Waals surface area (Å²) in [6, 6.07) is 10.5. The number of nitrogens with one attached hydrogen (secondary N) is 1. The largest absolute Gasteiger partial charge is 0.380 e. The smallest absolute Gasteiger partial charge is 0.128 e. The molecule has 0 aliphatic rings. The van der Waals surface area contributed by atoms with E-state index in [-0.39, 0.29) is 0 Å². The van der Waals surface area contributed by atoms with Crippen LogP contribution in [0.1, 0.15) is 16.7 Å². The first kappa shape index (κ1) is 13.4. The number of pyridine rings is 1. The monoisotopic (exact) mass is 255 g/mol. The minimum atomic E-state index is 0.830. The minimum absolute atomic E-state index is 0.830. The lowest BCUT2D eigenvalue weighted by molar-refractivity contribution is 1.06. The van der Waals surface area contributed by atoms with Crippen molar-refractivity contribution in [1.82, 2.24) is 4.98 Å². The molecule has 0 fully saturated rings. The molecule has 0 unspecified atom stereocenters. The highest BCUT2D eigenvalue weighted by Gasteiger charge is 2.01. The van der Waals surface area contributed by atoms with Crippen LogP contribution in [0.25, 0.3) is 0 Å². The fourth-order valence-corrected chi connectivity index (χ4v) is 1.96. The van der Waals surface area contributed by atoms with Gasteiger partial charge in [0.1, 0.15) is 5.82 Å². The first-order chi connectivity index (χ1) is 9.08. The Kier molecular flexibility index (Phi) is 4.05. The number of aromatic nitrogens is 1. The molecule has 2 aromatic rings. The van der Waals surface area contributed by atoms with E-state index >= 15 is 0 Å². The van der Waals surface area contributed by atoms with Crippen molar-refractivity contribution >= 4 is 11.5 Å². The predicted octanol–water partition coefficient (Wildman–Crippen LogP) is 3.38. The Bertz CT molecular complexity index is 544. The molecule has 0 saturated carbocycles. The number of rotatable bonds is 4. The summed E-state index contributed by atoms with van der Waals surface area (Å²) in [6.07, 6.45) is 1.88. The second-order valence-corrected chi connectivity index (χ2v) is 5.01. The summed E-state index contributed by atoms with van der Waals surface area (Å²) in [5.41, 5.74) is 5.07. The molecule has 0 aliphatic carbocycles. The summed E-state index contributed by atoms with van der Waals surface area (Å²) in [7, 11) is 3.98. The van der Waals surface area contributed by atoms with Crippen LogP contribution in [0.2, 0.25) is 0 Å².